The lowest BCUT2D eigenvalue weighted by molar-refractivity contribution is 0.414. The Balaban J connectivity index is 2.14. The van der Waals surface area contributed by atoms with Gasteiger partial charge in [-0.1, -0.05) is 15.9 Å². The SMILES string of the molecule is COc1ccc(Br)c(CNc2ccc(Br)nc2C)c1. The number of nitrogens with zero attached hydrogens (tertiary/aromatic N) is 1. The van der Waals surface area contributed by atoms with Crippen molar-refractivity contribution in [1.82, 2.24) is 4.98 Å². The molecule has 1 heterocycles. The molecule has 0 saturated heterocycles. The van der Waals surface area contributed by atoms with E-state index in [-0.39, 0.29) is 0 Å². The minimum atomic E-state index is 0.710. The summed E-state index contributed by atoms with van der Waals surface area (Å²) in [5.74, 6) is 0.852. The van der Waals surface area contributed by atoms with Crippen molar-refractivity contribution in [1.29, 1.82) is 0 Å². The maximum absolute atomic E-state index is 5.23. The van der Waals surface area contributed by atoms with Gasteiger partial charge in [0, 0.05) is 11.0 Å². The highest BCUT2D eigenvalue weighted by atomic mass is 79.9. The lowest BCUT2D eigenvalue weighted by atomic mass is 10.2. The van der Waals surface area contributed by atoms with Gasteiger partial charge in [-0.3, -0.25) is 0 Å². The van der Waals surface area contributed by atoms with Crippen molar-refractivity contribution >= 4 is 37.5 Å². The van der Waals surface area contributed by atoms with Crippen molar-refractivity contribution in [3.63, 3.8) is 0 Å². The standard InChI is InChI=1S/C14H14Br2N2O/c1-9-13(5-6-14(16)18-9)17-8-10-7-11(19-2)3-4-12(10)15/h3-7,17H,8H2,1-2H3. The van der Waals surface area contributed by atoms with Gasteiger partial charge in [-0.15, -0.1) is 0 Å². The molecule has 0 radical (unpaired) electrons. The van der Waals surface area contributed by atoms with Crippen LogP contribution in [-0.2, 0) is 6.54 Å². The summed E-state index contributed by atoms with van der Waals surface area (Å²) in [6.45, 7) is 2.69. The van der Waals surface area contributed by atoms with Crippen LogP contribution in [0.5, 0.6) is 5.75 Å². The molecule has 0 aliphatic rings. The van der Waals surface area contributed by atoms with Gasteiger partial charge in [-0.05, 0) is 58.7 Å². The van der Waals surface area contributed by atoms with Crippen molar-refractivity contribution in [2.24, 2.45) is 0 Å². The molecule has 0 bridgehead atoms. The average Bonchev–Trinajstić information content (AvgIpc) is 2.39. The van der Waals surface area contributed by atoms with Crippen LogP contribution in [0.4, 0.5) is 5.69 Å². The number of hydrogen-bond acceptors (Lipinski definition) is 3. The number of hydrogen-bond donors (Lipinski definition) is 1. The van der Waals surface area contributed by atoms with E-state index in [1.54, 1.807) is 7.11 Å². The maximum atomic E-state index is 5.23. The van der Waals surface area contributed by atoms with Gasteiger partial charge in [-0.25, -0.2) is 4.98 Å². The smallest absolute Gasteiger partial charge is 0.119 e. The predicted molar refractivity (Wildman–Crippen MR) is 84.7 cm³/mol. The van der Waals surface area contributed by atoms with Gasteiger partial charge in [0.25, 0.3) is 0 Å². The summed E-state index contributed by atoms with van der Waals surface area (Å²) in [7, 11) is 1.67. The minimum absolute atomic E-state index is 0.710. The molecule has 0 aliphatic heterocycles. The van der Waals surface area contributed by atoms with Crippen LogP contribution in [0.3, 0.4) is 0 Å². The monoisotopic (exact) mass is 384 g/mol. The Morgan fingerprint density at radius 2 is 2.00 bits per heavy atom. The molecule has 3 nitrogen and oxygen atoms in total. The van der Waals surface area contributed by atoms with E-state index in [4.69, 9.17) is 4.74 Å². The highest BCUT2D eigenvalue weighted by Crippen LogP contribution is 2.24. The van der Waals surface area contributed by atoms with Gasteiger partial charge in [0.2, 0.25) is 0 Å². The Kier molecular flexibility index (Phi) is 4.82. The number of nitrogens with one attached hydrogen (secondary N) is 1. The van der Waals surface area contributed by atoms with E-state index in [9.17, 15) is 0 Å². The molecule has 0 spiro atoms. The molecule has 1 aromatic carbocycles. The summed E-state index contributed by atoms with van der Waals surface area (Å²) >= 11 is 6.90. The molecular weight excluding hydrogens is 372 g/mol. The molecular formula is C14H14Br2N2O. The van der Waals surface area contributed by atoms with Gasteiger partial charge in [0.1, 0.15) is 10.4 Å². The van der Waals surface area contributed by atoms with Gasteiger partial charge >= 0.3 is 0 Å². The maximum Gasteiger partial charge on any atom is 0.119 e. The van der Waals surface area contributed by atoms with E-state index in [1.165, 1.54) is 0 Å². The van der Waals surface area contributed by atoms with E-state index >= 15 is 0 Å². The fourth-order valence-corrected chi connectivity index (χ4v) is 2.51. The van der Waals surface area contributed by atoms with E-state index in [0.717, 1.165) is 31.8 Å². The molecule has 0 atom stereocenters. The first-order chi connectivity index (χ1) is 9.10. The van der Waals surface area contributed by atoms with Crippen molar-refractivity contribution in [3.05, 3.63) is 50.7 Å². The second-order valence-electron chi connectivity index (χ2n) is 4.08. The molecule has 1 N–H and O–H groups in total. The summed E-state index contributed by atoms with van der Waals surface area (Å²) in [6.07, 6.45) is 0. The molecule has 0 amide bonds. The summed E-state index contributed by atoms with van der Waals surface area (Å²) < 4.78 is 7.14. The Bertz CT molecular complexity index is 588. The average molecular weight is 386 g/mol. The normalized spacial score (nSPS) is 10.3. The Hall–Kier alpha value is -1.07. The van der Waals surface area contributed by atoms with Crippen molar-refractivity contribution in [2.45, 2.75) is 13.5 Å². The summed E-state index contributed by atoms with van der Waals surface area (Å²) in [6, 6.07) is 9.87. The molecule has 2 aromatic rings. The molecule has 100 valence electrons. The van der Waals surface area contributed by atoms with Gasteiger partial charge in [0.15, 0.2) is 0 Å². The largest absolute Gasteiger partial charge is 0.497 e. The van der Waals surface area contributed by atoms with E-state index < -0.39 is 0 Å². The summed E-state index contributed by atoms with van der Waals surface area (Å²) in [4.78, 5) is 4.36. The fraction of sp³-hybridized carbons (Fsp3) is 0.214. The number of ether oxygens (including phenoxy) is 1. The first-order valence-corrected chi connectivity index (χ1v) is 7.38. The van der Waals surface area contributed by atoms with Gasteiger partial charge in [-0.2, -0.15) is 0 Å². The van der Waals surface area contributed by atoms with E-state index in [0.29, 0.717) is 6.54 Å². The van der Waals surface area contributed by atoms with Crippen molar-refractivity contribution in [3.8, 4) is 5.75 Å². The third-order valence-corrected chi connectivity index (χ3v) is 3.99. The summed E-state index contributed by atoms with van der Waals surface area (Å²) in [5.41, 5.74) is 3.13. The first kappa shape index (κ1) is 14.3. The zero-order valence-corrected chi connectivity index (χ0v) is 13.9. The number of rotatable bonds is 4. The van der Waals surface area contributed by atoms with E-state index in [1.807, 2.05) is 37.3 Å². The van der Waals surface area contributed by atoms with Crippen molar-refractivity contribution in [2.75, 3.05) is 12.4 Å². The Morgan fingerprint density at radius 3 is 2.68 bits per heavy atom. The molecule has 1 aromatic heterocycles. The van der Waals surface area contributed by atoms with Gasteiger partial charge in [0.05, 0.1) is 18.5 Å². The topological polar surface area (TPSA) is 34.1 Å². The van der Waals surface area contributed by atoms with E-state index in [2.05, 4.69) is 42.2 Å². The van der Waals surface area contributed by atoms with Crippen LogP contribution < -0.4 is 10.1 Å². The molecule has 5 heteroatoms. The minimum Gasteiger partial charge on any atom is -0.497 e. The highest BCUT2D eigenvalue weighted by molar-refractivity contribution is 9.10. The van der Waals surface area contributed by atoms with Crippen LogP contribution in [0.15, 0.2) is 39.4 Å². The molecule has 0 aliphatic carbocycles. The Labute approximate surface area is 129 Å². The van der Waals surface area contributed by atoms with Gasteiger partial charge < -0.3 is 10.1 Å². The number of benzene rings is 1. The lowest BCUT2D eigenvalue weighted by Crippen LogP contribution is -2.03. The second kappa shape index (κ2) is 6.39. The number of halogens is 2. The van der Waals surface area contributed by atoms with Crippen molar-refractivity contribution < 1.29 is 4.74 Å². The number of anilines is 1. The molecule has 2 rings (SSSR count). The number of aryl methyl sites for hydroxylation is 1. The molecule has 19 heavy (non-hydrogen) atoms. The third kappa shape index (κ3) is 3.70. The number of aromatic nitrogens is 1. The van der Waals surface area contributed by atoms with Crippen LogP contribution in [0.2, 0.25) is 0 Å². The predicted octanol–water partition coefficient (Wildman–Crippen LogP) is 4.54. The van der Waals surface area contributed by atoms with Crippen LogP contribution in [0.1, 0.15) is 11.3 Å². The fourth-order valence-electron chi connectivity index (χ4n) is 1.72. The van der Waals surface area contributed by atoms with Crippen LogP contribution in [0.25, 0.3) is 0 Å². The first-order valence-electron chi connectivity index (χ1n) is 5.79. The lowest BCUT2D eigenvalue weighted by Gasteiger charge is -2.11. The summed E-state index contributed by atoms with van der Waals surface area (Å²) in [5, 5.41) is 3.38. The highest BCUT2D eigenvalue weighted by Gasteiger charge is 2.04. The van der Waals surface area contributed by atoms with Crippen LogP contribution in [-0.4, -0.2) is 12.1 Å². The zero-order chi connectivity index (χ0) is 13.8. The number of pyridine rings is 1. The molecule has 0 fully saturated rings. The molecule has 0 unspecified atom stereocenters. The number of methoxy groups -OCH3 is 1. The third-order valence-electron chi connectivity index (χ3n) is 2.77. The second-order valence-corrected chi connectivity index (χ2v) is 5.74. The Morgan fingerprint density at radius 1 is 1.21 bits per heavy atom. The zero-order valence-electron chi connectivity index (χ0n) is 10.7. The van der Waals surface area contributed by atoms with Crippen LogP contribution in [0, 0.1) is 6.92 Å². The molecule has 0 saturated carbocycles. The van der Waals surface area contributed by atoms with Crippen LogP contribution >= 0.6 is 31.9 Å². The quantitative estimate of drug-likeness (QED) is 0.784.